The molecule has 0 aromatic heterocycles. The molecule has 0 aliphatic carbocycles. The summed E-state index contributed by atoms with van der Waals surface area (Å²) >= 11 is 0. The molecule has 1 N–H and O–H groups in total. The third kappa shape index (κ3) is 4.56. The van der Waals surface area contributed by atoms with E-state index < -0.39 is 5.97 Å². The minimum Gasteiger partial charge on any atom is -0.478 e. The zero-order valence-electron chi connectivity index (χ0n) is 13.1. The number of anilines is 1. The zero-order chi connectivity index (χ0) is 15.9. The number of aromatic carboxylic acids is 1. The van der Waals surface area contributed by atoms with Gasteiger partial charge in [-0.3, -0.25) is 4.79 Å². The highest BCUT2D eigenvalue weighted by atomic mass is 16.4. The first kappa shape index (κ1) is 16.5. The van der Waals surface area contributed by atoms with E-state index >= 15 is 0 Å². The van der Waals surface area contributed by atoms with E-state index in [-0.39, 0.29) is 11.5 Å². The van der Waals surface area contributed by atoms with Crippen molar-refractivity contribution in [3.8, 4) is 0 Å². The normalized spacial score (nSPS) is 15.5. The van der Waals surface area contributed by atoms with Crippen molar-refractivity contribution in [1.29, 1.82) is 0 Å². The second-order valence-corrected chi connectivity index (χ2v) is 5.78. The lowest BCUT2D eigenvalue weighted by Gasteiger charge is -2.28. The van der Waals surface area contributed by atoms with E-state index in [9.17, 15) is 9.59 Å². The Kier molecular flexibility index (Phi) is 5.95. The van der Waals surface area contributed by atoms with Crippen molar-refractivity contribution in [2.24, 2.45) is 0 Å². The van der Waals surface area contributed by atoms with Crippen LogP contribution in [0.5, 0.6) is 0 Å². The van der Waals surface area contributed by atoms with E-state index in [2.05, 4.69) is 4.90 Å². The zero-order valence-corrected chi connectivity index (χ0v) is 13.1. The van der Waals surface area contributed by atoms with Crippen LogP contribution < -0.4 is 4.90 Å². The molecule has 5 heteroatoms. The molecule has 1 aromatic rings. The first-order valence-corrected chi connectivity index (χ1v) is 7.92. The molecule has 0 bridgehead atoms. The Morgan fingerprint density at radius 3 is 2.32 bits per heavy atom. The van der Waals surface area contributed by atoms with E-state index in [0.717, 1.165) is 31.7 Å². The molecule has 0 unspecified atom stereocenters. The van der Waals surface area contributed by atoms with E-state index in [4.69, 9.17) is 5.11 Å². The van der Waals surface area contributed by atoms with Crippen LogP contribution in [0, 0.1) is 0 Å². The molecule has 5 nitrogen and oxygen atoms in total. The van der Waals surface area contributed by atoms with Crippen LogP contribution in [0.15, 0.2) is 24.3 Å². The lowest BCUT2D eigenvalue weighted by Crippen LogP contribution is -2.35. The van der Waals surface area contributed by atoms with Crippen LogP contribution >= 0.6 is 0 Å². The number of carboxylic acid groups (broad SMARTS) is 1. The van der Waals surface area contributed by atoms with Gasteiger partial charge in [-0.2, -0.15) is 0 Å². The summed E-state index contributed by atoms with van der Waals surface area (Å²) in [5, 5.41) is 8.92. The largest absolute Gasteiger partial charge is 0.478 e. The second kappa shape index (κ2) is 7.94. The summed E-state index contributed by atoms with van der Waals surface area (Å²) in [5.41, 5.74) is 0.997. The average molecular weight is 304 g/mol. The molecule has 1 saturated heterocycles. The van der Waals surface area contributed by atoms with Gasteiger partial charge >= 0.3 is 5.97 Å². The number of carbonyl (C=O) groups excluding carboxylic acids is 1. The van der Waals surface area contributed by atoms with Gasteiger partial charge in [-0.1, -0.05) is 6.42 Å². The molecule has 1 aliphatic rings. The number of hydrogen-bond donors (Lipinski definition) is 1. The molecule has 1 amide bonds. The summed E-state index contributed by atoms with van der Waals surface area (Å²) in [6.45, 7) is 5.54. The fourth-order valence-electron chi connectivity index (χ4n) is 2.89. The number of nitrogens with zero attached hydrogens (tertiary/aromatic N) is 2. The number of amides is 1. The number of piperidine rings is 1. The maximum Gasteiger partial charge on any atom is 0.335 e. The minimum atomic E-state index is -0.953. The van der Waals surface area contributed by atoms with E-state index in [1.54, 1.807) is 24.0 Å². The van der Waals surface area contributed by atoms with Crippen LogP contribution in [-0.2, 0) is 4.79 Å². The maximum atomic E-state index is 11.8. The highest BCUT2D eigenvalue weighted by molar-refractivity contribution is 5.93. The van der Waals surface area contributed by atoms with Crippen molar-refractivity contribution in [1.82, 2.24) is 4.90 Å². The Morgan fingerprint density at radius 1 is 1.14 bits per heavy atom. The second-order valence-electron chi connectivity index (χ2n) is 5.78. The number of carboxylic acids is 1. The topological polar surface area (TPSA) is 60.9 Å². The standard InChI is InChI=1S/C17H24N2O3/c1-14(20)19(13-5-12-18-10-3-2-4-11-18)16-8-6-15(7-9-16)17(21)22/h6-9H,2-5,10-13H2,1H3,(H,21,22). The fraction of sp³-hybridized carbons (Fsp3) is 0.529. The molecule has 0 radical (unpaired) electrons. The fourth-order valence-corrected chi connectivity index (χ4v) is 2.89. The molecule has 120 valence electrons. The van der Waals surface area contributed by atoms with Gasteiger partial charge in [0.25, 0.3) is 0 Å². The Morgan fingerprint density at radius 2 is 1.77 bits per heavy atom. The minimum absolute atomic E-state index is 0.0123. The van der Waals surface area contributed by atoms with Crippen molar-refractivity contribution < 1.29 is 14.7 Å². The summed E-state index contributed by atoms with van der Waals surface area (Å²) < 4.78 is 0. The quantitative estimate of drug-likeness (QED) is 0.877. The predicted octanol–water partition coefficient (Wildman–Crippen LogP) is 2.61. The summed E-state index contributed by atoms with van der Waals surface area (Å²) in [7, 11) is 0. The highest BCUT2D eigenvalue weighted by Gasteiger charge is 2.14. The summed E-state index contributed by atoms with van der Waals surface area (Å²) in [5.74, 6) is -0.965. The van der Waals surface area contributed by atoms with Gasteiger partial charge in [0.15, 0.2) is 0 Å². The van der Waals surface area contributed by atoms with Crippen molar-refractivity contribution in [2.45, 2.75) is 32.6 Å². The van der Waals surface area contributed by atoms with Gasteiger partial charge in [0.1, 0.15) is 0 Å². The predicted molar refractivity (Wildman–Crippen MR) is 86.3 cm³/mol. The number of likely N-dealkylation sites (tertiary alicyclic amines) is 1. The number of rotatable bonds is 6. The maximum absolute atomic E-state index is 11.8. The lowest BCUT2D eigenvalue weighted by atomic mass is 10.1. The van der Waals surface area contributed by atoms with Crippen molar-refractivity contribution in [3.63, 3.8) is 0 Å². The first-order chi connectivity index (χ1) is 10.6. The van der Waals surface area contributed by atoms with Gasteiger partial charge in [0, 0.05) is 19.2 Å². The molecule has 1 aromatic carbocycles. The molecular formula is C17H24N2O3. The van der Waals surface area contributed by atoms with E-state index in [0.29, 0.717) is 6.54 Å². The first-order valence-electron chi connectivity index (χ1n) is 7.92. The Balaban J connectivity index is 1.91. The van der Waals surface area contributed by atoms with Gasteiger partial charge in [-0.05, 0) is 63.2 Å². The lowest BCUT2D eigenvalue weighted by molar-refractivity contribution is -0.116. The number of benzene rings is 1. The third-order valence-corrected chi connectivity index (χ3v) is 4.11. The molecule has 1 fully saturated rings. The van der Waals surface area contributed by atoms with Crippen LogP contribution in [0.1, 0.15) is 43.0 Å². The van der Waals surface area contributed by atoms with Gasteiger partial charge in [-0.15, -0.1) is 0 Å². The smallest absolute Gasteiger partial charge is 0.335 e. The molecule has 2 rings (SSSR count). The van der Waals surface area contributed by atoms with Gasteiger partial charge in [0.05, 0.1) is 5.56 Å². The third-order valence-electron chi connectivity index (χ3n) is 4.11. The Labute approximate surface area is 131 Å². The van der Waals surface area contributed by atoms with Crippen LogP contribution in [0.3, 0.4) is 0 Å². The molecule has 22 heavy (non-hydrogen) atoms. The molecule has 0 saturated carbocycles. The summed E-state index contributed by atoms with van der Waals surface area (Å²) in [4.78, 5) is 26.9. The van der Waals surface area contributed by atoms with Crippen LogP contribution in [-0.4, -0.2) is 48.1 Å². The summed E-state index contributed by atoms with van der Waals surface area (Å²) in [6.07, 6.45) is 4.80. The van der Waals surface area contributed by atoms with Crippen LogP contribution in [0.25, 0.3) is 0 Å². The molecular weight excluding hydrogens is 280 g/mol. The molecule has 1 heterocycles. The van der Waals surface area contributed by atoms with Crippen LogP contribution in [0.4, 0.5) is 5.69 Å². The molecule has 1 aliphatic heterocycles. The van der Waals surface area contributed by atoms with Crippen molar-refractivity contribution in [2.75, 3.05) is 31.1 Å². The van der Waals surface area contributed by atoms with Crippen LogP contribution in [0.2, 0.25) is 0 Å². The SMILES string of the molecule is CC(=O)N(CCCN1CCCCC1)c1ccc(C(=O)O)cc1. The molecule has 0 atom stereocenters. The van der Waals surface area contributed by atoms with Gasteiger partial charge < -0.3 is 14.9 Å². The van der Waals surface area contributed by atoms with E-state index in [1.165, 1.54) is 31.4 Å². The monoisotopic (exact) mass is 304 g/mol. The van der Waals surface area contributed by atoms with Gasteiger partial charge in [-0.25, -0.2) is 4.79 Å². The van der Waals surface area contributed by atoms with E-state index in [1.807, 2.05) is 0 Å². The Hall–Kier alpha value is -1.88. The number of hydrogen-bond acceptors (Lipinski definition) is 3. The highest BCUT2D eigenvalue weighted by Crippen LogP contribution is 2.17. The Bertz CT molecular complexity index is 507. The average Bonchev–Trinajstić information content (AvgIpc) is 2.52. The molecule has 0 spiro atoms. The van der Waals surface area contributed by atoms with Gasteiger partial charge in [0.2, 0.25) is 5.91 Å². The van der Waals surface area contributed by atoms with Crippen molar-refractivity contribution in [3.05, 3.63) is 29.8 Å². The van der Waals surface area contributed by atoms with Crippen molar-refractivity contribution >= 4 is 17.6 Å². The summed E-state index contributed by atoms with van der Waals surface area (Å²) in [6, 6.07) is 6.48. The number of carbonyl (C=O) groups is 2.